The van der Waals surface area contributed by atoms with Crippen molar-refractivity contribution in [1.29, 1.82) is 0 Å². The molecule has 0 saturated heterocycles. The van der Waals surface area contributed by atoms with Gasteiger partial charge in [0.05, 0.1) is 11.9 Å². The average molecular weight is 280 g/mol. The lowest BCUT2D eigenvalue weighted by Gasteiger charge is -2.06. The van der Waals surface area contributed by atoms with Crippen molar-refractivity contribution >= 4 is 11.2 Å². The number of unbranched alkanes of at least 4 members (excludes halogenated alkanes) is 1. The smallest absolute Gasteiger partial charge is 0.281 e. The quantitative estimate of drug-likeness (QED) is 0.737. The third kappa shape index (κ3) is 2.67. The fourth-order valence-corrected chi connectivity index (χ4v) is 2.17. The van der Waals surface area contributed by atoms with Crippen molar-refractivity contribution in [3.8, 4) is 11.3 Å². The molecule has 106 valence electrons. The van der Waals surface area contributed by atoms with Gasteiger partial charge in [0.1, 0.15) is 6.33 Å². The van der Waals surface area contributed by atoms with E-state index in [1.807, 2.05) is 30.3 Å². The molecule has 0 unspecified atom stereocenters. The number of rotatable bonds is 4. The first-order valence-electron chi connectivity index (χ1n) is 7.07. The third-order valence-electron chi connectivity index (χ3n) is 3.36. The van der Waals surface area contributed by atoms with Gasteiger partial charge in [-0.3, -0.25) is 9.36 Å². The fourth-order valence-electron chi connectivity index (χ4n) is 2.17. The molecule has 3 rings (SSSR count). The van der Waals surface area contributed by atoms with Crippen LogP contribution in [0, 0.1) is 0 Å². The minimum atomic E-state index is -0.126. The summed E-state index contributed by atoms with van der Waals surface area (Å²) in [7, 11) is 0. The molecule has 0 aliphatic carbocycles. The molecule has 0 N–H and O–H groups in total. The normalized spacial score (nSPS) is 10.9. The van der Waals surface area contributed by atoms with E-state index in [1.54, 1.807) is 17.1 Å². The fraction of sp³-hybridized carbons (Fsp3) is 0.250. The zero-order chi connectivity index (χ0) is 14.7. The molecule has 0 spiro atoms. The molecule has 2 aromatic heterocycles. The molecule has 3 aromatic rings. The van der Waals surface area contributed by atoms with E-state index in [0.29, 0.717) is 23.4 Å². The SMILES string of the molecule is CCCCn1cnc2ncc(-c3ccccc3)nc2c1=O. The number of hydrogen-bond acceptors (Lipinski definition) is 4. The number of aromatic nitrogens is 4. The first-order chi connectivity index (χ1) is 10.3. The molecular formula is C16H16N4O. The summed E-state index contributed by atoms with van der Waals surface area (Å²) in [6, 6.07) is 9.70. The maximum atomic E-state index is 12.4. The Labute approximate surface area is 122 Å². The van der Waals surface area contributed by atoms with Gasteiger partial charge in [-0.05, 0) is 6.42 Å². The number of aryl methyl sites for hydroxylation is 1. The van der Waals surface area contributed by atoms with Crippen molar-refractivity contribution in [1.82, 2.24) is 19.5 Å². The van der Waals surface area contributed by atoms with Crippen LogP contribution in [0.1, 0.15) is 19.8 Å². The van der Waals surface area contributed by atoms with Crippen molar-refractivity contribution in [3.63, 3.8) is 0 Å². The van der Waals surface area contributed by atoms with Gasteiger partial charge >= 0.3 is 0 Å². The maximum absolute atomic E-state index is 12.4. The van der Waals surface area contributed by atoms with Crippen LogP contribution < -0.4 is 5.56 Å². The summed E-state index contributed by atoms with van der Waals surface area (Å²) in [5, 5.41) is 0. The lowest BCUT2D eigenvalue weighted by molar-refractivity contribution is 0.607. The van der Waals surface area contributed by atoms with Gasteiger partial charge in [0.25, 0.3) is 5.56 Å². The first kappa shape index (κ1) is 13.4. The van der Waals surface area contributed by atoms with Crippen LogP contribution in [0.3, 0.4) is 0 Å². The summed E-state index contributed by atoms with van der Waals surface area (Å²) in [6.07, 6.45) is 5.18. The first-order valence-corrected chi connectivity index (χ1v) is 7.07. The van der Waals surface area contributed by atoms with Crippen molar-refractivity contribution in [2.24, 2.45) is 0 Å². The molecule has 0 atom stereocenters. The molecule has 1 aromatic carbocycles. The zero-order valence-electron chi connectivity index (χ0n) is 11.9. The molecule has 0 radical (unpaired) electrons. The second-order valence-corrected chi connectivity index (χ2v) is 4.89. The lowest BCUT2D eigenvalue weighted by atomic mass is 10.2. The van der Waals surface area contributed by atoms with Crippen LogP contribution >= 0.6 is 0 Å². The van der Waals surface area contributed by atoms with E-state index < -0.39 is 0 Å². The van der Waals surface area contributed by atoms with Crippen LogP contribution in [0.2, 0.25) is 0 Å². The highest BCUT2D eigenvalue weighted by atomic mass is 16.1. The van der Waals surface area contributed by atoms with E-state index in [9.17, 15) is 4.79 Å². The monoisotopic (exact) mass is 280 g/mol. The highest BCUT2D eigenvalue weighted by molar-refractivity contribution is 5.72. The third-order valence-corrected chi connectivity index (χ3v) is 3.36. The van der Waals surface area contributed by atoms with E-state index in [2.05, 4.69) is 21.9 Å². The Morgan fingerprint density at radius 1 is 1.14 bits per heavy atom. The van der Waals surface area contributed by atoms with Crippen LogP contribution in [0.15, 0.2) is 47.7 Å². The Bertz CT molecular complexity index is 811. The van der Waals surface area contributed by atoms with Crippen molar-refractivity contribution < 1.29 is 0 Å². The van der Waals surface area contributed by atoms with Crippen LogP contribution in [0.4, 0.5) is 0 Å². The topological polar surface area (TPSA) is 60.7 Å². The summed E-state index contributed by atoms with van der Waals surface area (Å²) in [5.41, 5.74) is 2.23. The minimum Gasteiger partial charge on any atom is -0.297 e. The van der Waals surface area contributed by atoms with Crippen LogP contribution in [0.5, 0.6) is 0 Å². The van der Waals surface area contributed by atoms with Crippen molar-refractivity contribution in [3.05, 3.63) is 53.2 Å². The summed E-state index contributed by atoms with van der Waals surface area (Å²) in [5.74, 6) is 0. The molecule has 5 heteroatoms. The molecule has 0 saturated carbocycles. The Morgan fingerprint density at radius 3 is 2.71 bits per heavy atom. The minimum absolute atomic E-state index is 0.126. The standard InChI is InChI=1S/C16H16N4O/c1-2-3-9-20-11-18-15-14(16(20)21)19-13(10-17-15)12-7-5-4-6-8-12/h4-8,10-11H,2-3,9H2,1H3. The van der Waals surface area contributed by atoms with Gasteiger partial charge in [0.2, 0.25) is 0 Å². The Hall–Kier alpha value is -2.56. The molecule has 0 aliphatic heterocycles. The Morgan fingerprint density at radius 2 is 1.95 bits per heavy atom. The molecule has 5 nitrogen and oxygen atoms in total. The summed E-state index contributed by atoms with van der Waals surface area (Å²) in [6.45, 7) is 2.75. The largest absolute Gasteiger partial charge is 0.297 e. The van der Waals surface area contributed by atoms with Gasteiger partial charge in [0, 0.05) is 12.1 Å². The summed E-state index contributed by atoms with van der Waals surface area (Å²) < 4.78 is 1.61. The van der Waals surface area contributed by atoms with Gasteiger partial charge in [-0.25, -0.2) is 15.0 Å². The Kier molecular flexibility index (Phi) is 3.73. The predicted molar refractivity (Wildman–Crippen MR) is 81.9 cm³/mol. The van der Waals surface area contributed by atoms with Gasteiger partial charge in [-0.2, -0.15) is 0 Å². The number of fused-ring (bicyclic) bond motifs is 1. The van der Waals surface area contributed by atoms with E-state index >= 15 is 0 Å². The summed E-state index contributed by atoms with van der Waals surface area (Å²) in [4.78, 5) is 25.4. The molecule has 2 heterocycles. The molecule has 21 heavy (non-hydrogen) atoms. The molecule has 0 bridgehead atoms. The van der Waals surface area contributed by atoms with Crippen LogP contribution in [0.25, 0.3) is 22.4 Å². The van der Waals surface area contributed by atoms with Crippen molar-refractivity contribution in [2.45, 2.75) is 26.3 Å². The van der Waals surface area contributed by atoms with E-state index in [-0.39, 0.29) is 5.56 Å². The van der Waals surface area contributed by atoms with E-state index in [4.69, 9.17) is 0 Å². The Balaban J connectivity index is 2.11. The second kappa shape index (κ2) is 5.83. The molecule has 0 aliphatic rings. The highest BCUT2D eigenvalue weighted by Crippen LogP contribution is 2.16. The van der Waals surface area contributed by atoms with Gasteiger partial charge in [-0.1, -0.05) is 43.7 Å². The molecule has 0 fully saturated rings. The van der Waals surface area contributed by atoms with E-state index in [1.165, 1.54) is 0 Å². The lowest BCUT2D eigenvalue weighted by Crippen LogP contribution is -2.22. The van der Waals surface area contributed by atoms with Crippen molar-refractivity contribution in [2.75, 3.05) is 0 Å². The van der Waals surface area contributed by atoms with Gasteiger partial charge < -0.3 is 0 Å². The van der Waals surface area contributed by atoms with Gasteiger partial charge in [0.15, 0.2) is 11.2 Å². The zero-order valence-corrected chi connectivity index (χ0v) is 11.9. The highest BCUT2D eigenvalue weighted by Gasteiger charge is 2.08. The van der Waals surface area contributed by atoms with E-state index in [0.717, 1.165) is 18.4 Å². The predicted octanol–water partition coefficient (Wildman–Crippen LogP) is 2.65. The van der Waals surface area contributed by atoms with Gasteiger partial charge in [-0.15, -0.1) is 0 Å². The summed E-state index contributed by atoms with van der Waals surface area (Å²) >= 11 is 0. The molecule has 0 amide bonds. The second-order valence-electron chi connectivity index (χ2n) is 4.89. The number of benzene rings is 1. The maximum Gasteiger partial charge on any atom is 0.281 e. The molecular weight excluding hydrogens is 264 g/mol. The number of hydrogen-bond donors (Lipinski definition) is 0. The van der Waals surface area contributed by atoms with Crippen LogP contribution in [-0.4, -0.2) is 19.5 Å². The average Bonchev–Trinajstić information content (AvgIpc) is 2.55. The van der Waals surface area contributed by atoms with Crippen LogP contribution in [-0.2, 0) is 6.54 Å². The number of nitrogens with zero attached hydrogens (tertiary/aromatic N) is 4.